The van der Waals surface area contributed by atoms with Gasteiger partial charge in [-0.2, -0.15) is 0 Å². The summed E-state index contributed by atoms with van der Waals surface area (Å²) in [6.45, 7) is 4.51. The Hall–Kier alpha value is -1.74. The molecule has 0 aromatic heterocycles. The minimum atomic E-state index is 0.457. The summed E-state index contributed by atoms with van der Waals surface area (Å²) in [5.74, 6) is 0.908. The van der Waals surface area contributed by atoms with E-state index in [2.05, 4.69) is 48.6 Å². The topological polar surface area (TPSA) is 21.3 Å². The molecule has 0 amide bonds. The lowest BCUT2D eigenvalue weighted by Crippen LogP contribution is -2.16. The molecule has 0 aliphatic rings. The van der Waals surface area contributed by atoms with Crippen LogP contribution < -0.4 is 10.1 Å². The fourth-order valence-corrected chi connectivity index (χ4v) is 3.63. The van der Waals surface area contributed by atoms with Gasteiger partial charge >= 0.3 is 0 Å². The number of nitrogens with one attached hydrogen (secondary N) is 1. The Morgan fingerprint density at radius 1 is 0.893 bits per heavy atom. The highest BCUT2D eigenvalue weighted by molar-refractivity contribution is 6.42. The molecule has 0 atom stereocenters. The SMILES string of the molecule is CCCCCCNCc1c(OCc2ccc(Cl)c(Cl)c2)ccc2ccccc12. The van der Waals surface area contributed by atoms with Crippen molar-refractivity contribution < 1.29 is 4.74 Å². The normalized spacial score (nSPS) is 11.1. The number of fused-ring (bicyclic) bond motifs is 1. The number of rotatable bonds is 10. The smallest absolute Gasteiger partial charge is 0.124 e. The molecule has 1 N–H and O–H groups in total. The molecule has 0 spiro atoms. The highest BCUT2D eigenvalue weighted by Crippen LogP contribution is 2.29. The van der Waals surface area contributed by atoms with Crippen LogP contribution in [-0.4, -0.2) is 6.54 Å². The van der Waals surface area contributed by atoms with Crippen LogP contribution in [0.4, 0.5) is 0 Å². The maximum Gasteiger partial charge on any atom is 0.124 e. The van der Waals surface area contributed by atoms with Crippen LogP contribution in [0.1, 0.15) is 43.7 Å². The Bertz CT molecular complexity index is 910. The zero-order chi connectivity index (χ0) is 19.8. The summed E-state index contributed by atoms with van der Waals surface area (Å²) in [6, 6.07) is 18.2. The first-order valence-corrected chi connectivity index (χ1v) is 10.7. The van der Waals surface area contributed by atoms with E-state index >= 15 is 0 Å². The predicted molar refractivity (Wildman–Crippen MR) is 121 cm³/mol. The van der Waals surface area contributed by atoms with Crippen LogP contribution in [0.25, 0.3) is 10.8 Å². The van der Waals surface area contributed by atoms with Gasteiger partial charge < -0.3 is 10.1 Å². The maximum absolute atomic E-state index is 6.18. The highest BCUT2D eigenvalue weighted by Gasteiger charge is 2.10. The van der Waals surface area contributed by atoms with E-state index in [1.807, 2.05) is 18.2 Å². The third kappa shape index (κ3) is 5.64. The van der Waals surface area contributed by atoms with Gasteiger partial charge in [-0.05, 0) is 47.5 Å². The van der Waals surface area contributed by atoms with E-state index in [0.717, 1.165) is 24.4 Å². The summed E-state index contributed by atoms with van der Waals surface area (Å²) >= 11 is 12.1. The predicted octanol–water partition coefficient (Wildman–Crippen LogP) is 7.40. The first-order chi connectivity index (χ1) is 13.7. The van der Waals surface area contributed by atoms with Crippen LogP contribution in [0.3, 0.4) is 0 Å². The van der Waals surface area contributed by atoms with Gasteiger partial charge in [-0.3, -0.25) is 0 Å². The average molecular weight is 416 g/mol. The van der Waals surface area contributed by atoms with Crippen molar-refractivity contribution in [2.75, 3.05) is 6.54 Å². The zero-order valence-electron chi connectivity index (χ0n) is 16.3. The summed E-state index contributed by atoms with van der Waals surface area (Å²) in [5, 5.41) is 7.16. The van der Waals surface area contributed by atoms with Crippen molar-refractivity contribution in [3.63, 3.8) is 0 Å². The molecule has 2 nitrogen and oxygen atoms in total. The lowest BCUT2D eigenvalue weighted by Gasteiger charge is -2.15. The summed E-state index contributed by atoms with van der Waals surface area (Å²) in [6.07, 6.45) is 5.04. The van der Waals surface area contributed by atoms with E-state index in [4.69, 9.17) is 27.9 Å². The standard InChI is InChI=1S/C24H27Cl2NO/c1-2-3-4-7-14-27-16-21-20-9-6-5-8-19(20)11-13-24(21)28-17-18-10-12-22(25)23(26)15-18/h5-6,8-13,15,27H,2-4,7,14,16-17H2,1H3. The quantitative estimate of drug-likeness (QED) is 0.348. The first kappa shape index (κ1) is 21.0. The van der Waals surface area contributed by atoms with Crippen LogP contribution in [0, 0.1) is 0 Å². The van der Waals surface area contributed by atoms with Crippen molar-refractivity contribution >= 4 is 34.0 Å². The summed E-state index contributed by atoms with van der Waals surface area (Å²) in [4.78, 5) is 0. The van der Waals surface area contributed by atoms with E-state index in [9.17, 15) is 0 Å². The number of hydrogen-bond donors (Lipinski definition) is 1. The molecule has 3 aromatic rings. The van der Waals surface area contributed by atoms with E-state index < -0.39 is 0 Å². The van der Waals surface area contributed by atoms with Crippen LogP contribution in [0.15, 0.2) is 54.6 Å². The van der Waals surface area contributed by atoms with Gasteiger partial charge in [0.2, 0.25) is 0 Å². The van der Waals surface area contributed by atoms with Crippen LogP contribution in [0.2, 0.25) is 10.0 Å². The lowest BCUT2D eigenvalue weighted by atomic mass is 10.0. The van der Waals surface area contributed by atoms with Gasteiger partial charge in [-0.1, -0.05) is 85.8 Å². The number of hydrogen-bond acceptors (Lipinski definition) is 2. The summed E-state index contributed by atoms with van der Waals surface area (Å²) in [5.41, 5.74) is 2.20. The van der Waals surface area contributed by atoms with Crippen molar-refractivity contribution in [2.45, 2.75) is 45.8 Å². The molecule has 0 aliphatic carbocycles. The number of ether oxygens (including phenoxy) is 1. The Morgan fingerprint density at radius 2 is 1.75 bits per heavy atom. The van der Waals surface area contributed by atoms with Gasteiger partial charge in [-0.15, -0.1) is 0 Å². The fourth-order valence-electron chi connectivity index (χ4n) is 3.31. The molecule has 0 fully saturated rings. The molecule has 0 saturated carbocycles. The third-order valence-corrected chi connectivity index (χ3v) is 5.62. The van der Waals surface area contributed by atoms with Gasteiger partial charge in [-0.25, -0.2) is 0 Å². The molecular weight excluding hydrogens is 389 g/mol. The Kier molecular flexibility index (Phi) is 8.02. The average Bonchev–Trinajstić information content (AvgIpc) is 2.72. The van der Waals surface area contributed by atoms with Crippen LogP contribution >= 0.6 is 23.2 Å². The molecule has 0 unspecified atom stereocenters. The molecule has 0 aliphatic heterocycles. The molecule has 3 aromatic carbocycles. The van der Waals surface area contributed by atoms with Gasteiger partial charge in [0.15, 0.2) is 0 Å². The molecule has 4 heteroatoms. The third-order valence-electron chi connectivity index (χ3n) is 4.88. The number of unbranched alkanes of at least 4 members (excludes halogenated alkanes) is 3. The molecule has 3 rings (SSSR count). The van der Waals surface area contributed by atoms with Gasteiger partial charge in [0.05, 0.1) is 10.0 Å². The fraction of sp³-hybridized carbons (Fsp3) is 0.333. The minimum absolute atomic E-state index is 0.457. The summed E-state index contributed by atoms with van der Waals surface area (Å²) < 4.78 is 6.18. The largest absolute Gasteiger partial charge is 0.489 e. The Balaban J connectivity index is 1.73. The zero-order valence-corrected chi connectivity index (χ0v) is 17.8. The summed E-state index contributed by atoms with van der Waals surface area (Å²) in [7, 11) is 0. The second-order valence-electron chi connectivity index (χ2n) is 7.04. The number of halogens is 2. The monoisotopic (exact) mass is 415 g/mol. The van der Waals surface area contributed by atoms with Crippen molar-refractivity contribution in [2.24, 2.45) is 0 Å². The maximum atomic E-state index is 6.18. The highest BCUT2D eigenvalue weighted by atomic mass is 35.5. The minimum Gasteiger partial charge on any atom is -0.489 e. The van der Waals surface area contributed by atoms with Crippen LogP contribution in [0.5, 0.6) is 5.75 Å². The van der Waals surface area contributed by atoms with Gasteiger partial charge in [0.25, 0.3) is 0 Å². The molecule has 0 bridgehead atoms. The van der Waals surface area contributed by atoms with Crippen LogP contribution in [-0.2, 0) is 13.2 Å². The molecular formula is C24H27Cl2NO. The van der Waals surface area contributed by atoms with E-state index in [-0.39, 0.29) is 0 Å². The second-order valence-corrected chi connectivity index (χ2v) is 7.85. The van der Waals surface area contributed by atoms with Crippen molar-refractivity contribution in [3.05, 3.63) is 75.8 Å². The van der Waals surface area contributed by atoms with Gasteiger partial charge in [0, 0.05) is 12.1 Å². The Morgan fingerprint density at radius 3 is 2.57 bits per heavy atom. The lowest BCUT2D eigenvalue weighted by molar-refractivity contribution is 0.302. The van der Waals surface area contributed by atoms with Crippen molar-refractivity contribution in [3.8, 4) is 5.75 Å². The second kappa shape index (κ2) is 10.7. The van der Waals surface area contributed by atoms with E-state index in [1.54, 1.807) is 0 Å². The molecule has 0 heterocycles. The molecule has 148 valence electrons. The molecule has 0 saturated heterocycles. The van der Waals surface area contributed by atoms with Crippen molar-refractivity contribution in [1.29, 1.82) is 0 Å². The Labute approximate surface area is 177 Å². The van der Waals surface area contributed by atoms with E-state index in [1.165, 1.54) is 42.0 Å². The molecule has 28 heavy (non-hydrogen) atoms. The first-order valence-electron chi connectivity index (χ1n) is 9.97. The van der Waals surface area contributed by atoms with Crippen molar-refractivity contribution in [1.82, 2.24) is 5.32 Å². The molecule has 0 radical (unpaired) electrons. The number of benzene rings is 3. The van der Waals surface area contributed by atoms with Gasteiger partial charge in [0.1, 0.15) is 12.4 Å². The van der Waals surface area contributed by atoms with E-state index in [0.29, 0.717) is 16.7 Å².